The molecule has 1 saturated carbocycles. The van der Waals surface area contributed by atoms with Crippen molar-refractivity contribution >= 4 is 40.5 Å². The van der Waals surface area contributed by atoms with Crippen LogP contribution in [-0.2, 0) is 16.2 Å². The van der Waals surface area contributed by atoms with Crippen molar-refractivity contribution in [3.8, 4) is 22.3 Å². The largest absolute Gasteiger partial charge is 0.376 e. The molecule has 52 heavy (non-hydrogen) atoms. The first kappa shape index (κ1) is 29.6. The summed E-state index contributed by atoms with van der Waals surface area (Å²) in [5.41, 5.74) is 22.3. The average Bonchev–Trinajstić information content (AvgIpc) is 3.57. The van der Waals surface area contributed by atoms with Crippen LogP contribution in [-0.4, -0.2) is 12.4 Å². The Hall–Kier alpha value is -5.02. The first-order valence-corrected chi connectivity index (χ1v) is 19.5. The Balaban J connectivity index is 1.26. The fraction of sp³-hybridized carbons (Fsp3) is 0.265. The molecule has 2 aliphatic carbocycles. The number of para-hydroxylation sites is 3. The highest BCUT2D eigenvalue weighted by Gasteiger charge is 2.63. The van der Waals surface area contributed by atoms with Gasteiger partial charge in [0, 0.05) is 33.7 Å². The maximum absolute atomic E-state index is 2.87. The van der Waals surface area contributed by atoms with E-state index in [1.165, 1.54) is 109 Å². The summed E-state index contributed by atoms with van der Waals surface area (Å²) in [6, 6.07) is 47.6. The van der Waals surface area contributed by atoms with Gasteiger partial charge in [-0.3, -0.25) is 0 Å². The Morgan fingerprint density at radius 2 is 1.17 bits per heavy atom. The smallest absolute Gasteiger partial charge is 0.333 e. The Morgan fingerprint density at radius 3 is 1.92 bits per heavy atom. The van der Waals surface area contributed by atoms with Gasteiger partial charge < -0.3 is 9.71 Å². The molecule has 3 heteroatoms. The zero-order valence-corrected chi connectivity index (χ0v) is 30.8. The minimum atomic E-state index is -0.414. The first-order valence-electron chi connectivity index (χ1n) is 19.5. The van der Waals surface area contributed by atoms with Crippen molar-refractivity contribution in [3.05, 3.63) is 155 Å². The van der Waals surface area contributed by atoms with Crippen LogP contribution in [0.4, 0.5) is 22.7 Å². The molecule has 12 rings (SSSR count). The van der Waals surface area contributed by atoms with Gasteiger partial charge in [-0.25, -0.2) is 0 Å². The molecule has 4 aliphatic heterocycles. The zero-order valence-electron chi connectivity index (χ0n) is 30.8. The van der Waals surface area contributed by atoms with E-state index in [2.05, 4.69) is 166 Å². The van der Waals surface area contributed by atoms with Crippen molar-refractivity contribution in [1.82, 2.24) is 0 Å². The second-order valence-corrected chi connectivity index (χ2v) is 17.9. The molecule has 1 fully saturated rings. The van der Waals surface area contributed by atoms with E-state index >= 15 is 0 Å². The van der Waals surface area contributed by atoms with Crippen molar-refractivity contribution in [1.29, 1.82) is 0 Å². The molecule has 0 saturated heterocycles. The zero-order chi connectivity index (χ0) is 34.9. The number of fused-ring (bicyclic) bond motifs is 16. The summed E-state index contributed by atoms with van der Waals surface area (Å²) in [6.45, 7) is 12.4. The molecule has 4 heterocycles. The Kier molecular flexibility index (Phi) is 5.29. The van der Waals surface area contributed by atoms with Crippen LogP contribution >= 0.6 is 0 Å². The molecule has 0 radical (unpaired) electrons. The molecule has 2 nitrogen and oxygen atoms in total. The minimum absolute atomic E-state index is 0.000446. The fourth-order valence-corrected chi connectivity index (χ4v) is 12.2. The number of rotatable bonds is 0. The lowest BCUT2D eigenvalue weighted by Gasteiger charge is -2.55. The molecule has 0 aromatic heterocycles. The molecule has 0 amide bonds. The molecule has 6 aromatic carbocycles. The standard InChI is InChI=1S/C49H43BN2/c1-46(2,3)30-28-34-33-18-14-23-39-44(33)52(41-25-11-10-21-37(41)49(39)35-19-8-6-16-31(35)32-17-7-9-20-36(32)49)50-40-24-15-22-38-45(40)51(42(29-30)43(34)50)48(5)27-13-12-26-47(38,48)4/h6-11,14-25,28-29H,12-13,26-27H2,1-5H3. The third kappa shape index (κ3) is 3.08. The van der Waals surface area contributed by atoms with Gasteiger partial charge in [0.15, 0.2) is 0 Å². The van der Waals surface area contributed by atoms with Crippen molar-refractivity contribution in [2.45, 2.75) is 82.1 Å². The van der Waals surface area contributed by atoms with Gasteiger partial charge in [-0.05, 0) is 98.3 Å². The first-order chi connectivity index (χ1) is 25.2. The van der Waals surface area contributed by atoms with Crippen LogP contribution in [0.2, 0.25) is 0 Å². The van der Waals surface area contributed by atoms with E-state index in [0.717, 1.165) is 0 Å². The highest BCUT2D eigenvalue weighted by atomic mass is 15.3. The molecular weight excluding hydrogens is 627 g/mol. The summed E-state index contributed by atoms with van der Waals surface area (Å²) < 4.78 is 0. The average molecular weight is 671 g/mol. The van der Waals surface area contributed by atoms with Gasteiger partial charge in [0.2, 0.25) is 0 Å². The molecule has 2 atom stereocenters. The van der Waals surface area contributed by atoms with Crippen molar-refractivity contribution in [2.24, 2.45) is 0 Å². The quantitative estimate of drug-likeness (QED) is 0.148. The van der Waals surface area contributed by atoms with Crippen molar-refractivity contribution in [3.63, 3.8) is 0 Å². The summed E-state index contributed by atoms with van der Waals surface area (Å²) in [6.07, 6.45) is 5.03. The lowest BCUT2D eigenvalue weighted by atomic mass is 9.42. The van der Waals surface area contributed by atoms with Crippen LogP contribution < -0.4 is 20.6 Å². The predicted octanol–water partition coefficient (Wildman–Crippen LogP) is 10.6. The number of hydrogen-bond acceptors (Lipinski definition) is 2. The van der Waals surface area contributed by atoms with Crippen molar-refractivity contribution in [2.75, 3.05) is 9.71 Å². The van der Waals surface area contributed by atoms with E-state index in [-0.39, 0.29) is 23.2 Å². The summed E-state index contributed by atoms with van der Waals surface area (Å²) in [4.78, 5) is 5.66. The summed E-state index contributed by atoms with van der Waals surface area (Å²) in [7, 11) is 0. The summed E-state index contributed by atoms with van der Waals surface area (Å²) in [5.74, 6) is 0. The van der Waals surface area contributed by atoms with E-state index in [0.29, 0.717) is 0 Å². The van der Waals surface area contributed by atoms with Gasteiger partial charge in [-0.1, -0.05) is 150 Å². The van der Waals surface area contributed by atoms with E-state index in [1.807, 2.05) is 0 Å². The van der Waals surface area contributed by atoms with E-state index in [4.69, 9.17) is 0 Å². The molecule has 1 spiro atoms. The maximum Gasteiger partial charge on any atom is 0.333 e. The van der Waals surface area contributed by atoms with Gasteiger partial charge in [0.25, 0.3) is 0 Å². The lowest BCUT2D eigenvalue weighted by Crippen LogP contribution is -2.65. The van der Waals surface area contributed by atoms with Crippen LogP contribution in [0, 0.1) is 0 Å². The van der Waals surface area contributed by atoms with Crippen LogP contribution in [0.5, 0.6) is 0 Å². The highest BCUT2D eigenvalue weighted by molar-refractivity contribution is 6.93. The van der Waals surface area contributed by atoms with Crippen LogP contribution in [0.25, 0.3) is 22.3 Å². The molecule has 0 N–H and O–H groups in total. The Bertz CT molecular complexity index is 2550. The van der Waals surface area contributed by atoms with E-state index < -0.39 is 5.41 Å². The summed E-state index contributed by atoms with van der Waals surface area (Å²) in [5, 5.41) is 0. The number of nitrogens with zero attached hydrogens (tertiary/aromatic N) is 2. The second kappa shape index (κ2) is 9.31. The topological polar surface area (TPSA) is 6.48 Å². The molecule has 252 valence electrons. The number of hydrogen-bond donors (Lipinski definition) is 0. The lowest BCUT2D eigenvalue weighted by molar-refractivity contribution is 0.195. The normalized spacial score (nSPS) is 23.0. The summed E-state index contributed by atoms with van der Waals surface area (Å²) >= 11 is 0. The second-order valence-electron chi connectivity index (χ2n) is 17.9. The minimum Gasteiger partial charge on any atom is -0.376 e. The Morgan fingerprint density at radius 1 is 0.558 bits per heavy atom. The van der Waals surface area contributed by atoms with Crippen LogP contribution in [0.3, 0.4) is 0 Å². The third-order valence-corrected chi connectivity index (χ3v) is 14.7. The van der Waals surface area contributed by atoms with Crippen LogP contribution in [0.1, 0.15) is 93.7 Å². The predicted molar refractivity (Wildman–Crippen MR) is 218 cm³/mol. The van der Waals surface area contributed by atoms with Crippen LogP contribution in [0.15, 0.2) is 121 Å². The number of benzene rings is 6. The van der Waals surface area contributed by atoms with Crippen molar-refractivity contribution < 1.29 is 0 Å². The van der Waals surface area contributed by atoms with Gasteiger partial charge in [-0.2, -0.15) is 0 Å². The fourth-order valence-electron chi connectivity index (χ4n) is 12.2. The Labute approximate surface area is 308 Å². The van der Waals surface area contributed by atoms with Gasteiger partial charge in [0.1, 0.15) is 0 Å². The molecule has 2 unspecified atom stereocenters. The molecule has 6 aromatic rings. The van der Waals surface area contributed by atoms with E-state index in [1.54, 1.807) is 5.56 Å². The molecular formula is C49H43BN2. The number of anilines is 4. The highest BCUT2D eigenvalue weighted by Crippen LogP contribution is 2.66. The van der Waals surface area contributed by atoms with E-state index in [9.17, 15) is 0 Å². The molecule has 6 aliphatic rings. The van der Waals surface area contributed by atoms with Gasteiger partial charge in [0.05, 0.1) is 11.0 Å². The van der Waals surface area contributed by atoms with Gasteiger partial charge in [-0.15, -0.1) is 0 Å². The monoisotopic (exact) mass is 670 g/mol. The van der Waals surface area contributed by atoms with Gasteiger partial charge >= 0.3 is 6.85 Å². The SMILES string of the molecule is CC(C)(C)c1cc2c3c(c1)N1c4c(cccc4C4(C)CCCCC14C)B3N1c3ccccc3C3(c4ccccc4-c4ccccc43)c3cccc-2c31. The molecule has 0 bridgehead atoms. The maximum atomic E-state index is 2.87. The third-order valence-electron chi connectivity index (χ3n) is 14.7.